The van der Waals surface area contributed by atoms with Gasteiger partial charge in [0.25, 0.3) is 0 Å². The van der Waals surface area contributed by atoms with E-state index >= 15 is 0 Å². The molecule has 3 aromatic rings. The highest BCUT2D eigenvalue weighted by molar-refractivity contribution is 7.89. The van der Waals surface area contributed by atoms with Crippen molar-refractivity contribution in [2.24, 2.45) is 0 Å². The van der Waals surface area contributed by atoms with Crippen LogP contribution in [0.4, 0.5) is 10.2 Å². The van der Waals surface area contributed by atoms with Gasteiger partial charge in [-0.1, -0.05) is 17.7 Å². The van der Waals surface area contributed by atoms with Gasteiger partial charge in [-0.3, -0.25) is 4.79 Å². The molecule has 0 bridgehead atoms. The Morgan fingerprint density at radius 2 is 1.68 bits per heavy atom. The second kappa shape index (κ2) is 10.5. The average Bonchev–Trinajstić information content (AvgIpc) is 3.75. The number of sulfonamides is 1. The second-order valence-electron chi connectivity index (χ2n) is 9.60. The summed E-state index contributed by atoms with van der Waals surface area (Å²) in [6.45, 7) is 4.08. The van der Waals surface area contributed by atoms with Crippen LogP contribution >= 0.6 is 0 Å². The molecule has 10 heteroatoms. The van der Waals surface area contributed by atoms with Gasteiger partial charge in [-0.15, -0.1) is 10.2 Å². The molecular weight excluding hydrogens is 493 g/mol. The summed E-state index contributed by atoms with van der Waals surface area (Å²) in [5.74, 6) is 0.230. The van der Waals surface area contributed by atoms with Gasteiger partial charge >= 0.3 is 0 Å². The third-order valence-electron chi connectivity index (χ3n) is 6.84. The maximum atomic E-state index is 13.3. The highest BCUT2D eigenvalue weighted by Gasteiger charge is 2.40. The van der Waals surface area contributed by atoms with Gasteiger partial charge in [0.1, 0.15) is 5.82 Å². The molecule has 1 aliphatic heterocycles. The zero-order chi connectivity index (χ0) is 26.0. The number of aryl methyl sites for hydroxylation is 1. The number of amides is 1. The van der Waals surface area contributed by atoms with Gasteiger partial charge in [0.15, 0.2) is 5.82 Å². The molecule has 0 unspecified atom stereocenters. The highest BCUT2D eigenvalue weighted by atomic mass is 32.2. The van der Waals surface area contributed by atoms with Gasteiger partial charge in [-0.2, -0.15) is 4.31 Å². The number of hydrogen-bond acceptors (Lipinski definition) is 6. The van der Waals surface area contributed by atoms with Crippen LogP contribution in [0, 0.1) is 12.7 Å². The molecule has 1 saturated carbocycles. The molecule has 2 fully saturated rings. The molecule has 194 valence electrons. The topological polar surface area (TPSA) is 86.7 Å². The Morgan fingerprint density at radius 1 is 0.946 bits per heavy atom. The molecule has 0 spiro atoms. The Kier molecular flexibility index (Phi) is 7.21. The number of carbonyl (C=O) groups is 1. The largest absolute Gasteiger partial charge is 0.353 e. The SMILES string of the molecule is Cc1ccc(S(=O)(=O)N(CC(=O)N2CCCN(c3ccc(-c4ccc(F)cc4)nn3)CC2)C2CC2)cc1. The van der Waals surface area contributed by atoms with Crippen molar-refractivity contribution in [2.75, 3.05) is 37.6 Å². The van der Waals surface area contributed by atoms with Crippen molar-refractivity contribution in [2.45, 2.75) is 37.1 Å². The lowest BCUT2D eigenvalue weighted by Gasteiger charge is -2.26. The van der Waals surface area contributed by atoms with Gasteiger partial charge in [-0.05, 0) is 74.7 Å². The predicted octanol–water partition coefficient (Wildman–Crippen LogP) is 3.48. The Balaban J connectivity index is 1.23. The first kappa shape index (κ1) is 25.3. The van der Waals surface area contributed by atoms with Crippen LogP contribution in [0.5, 0.6) is 0 Å². The summed E-state index contributed by atoms with van der Waals surface area (Å²) in [5, 5.41) is 8.65. The molecular formula is C27H30FN5O3S. The molecule has 2 heterocycles. The van der Waals surface area contributed by atoms with Crippen LogP contribution in [0.15, 0.2) is 65.6 Å². The third kappa shape index (κ3) is 5.80. The van der Waals surface area contributed by atoms with E-state index < -0.39 is 10.0 Å². The average molecular weight is 524 g/mol. The number of halogens is 1. The Labute approximate surface area is 216 Å². The van der Waals surface area contributed by atoms with Crippen LogP contribution in [-0.2, 0) is 14.8 Å². The number of hydrogen-bond donors (Lipinski definition) is 0. The highest BCUT2D eigenvalue weighted by Crippen LogP contribution is 2.32. The molecule has 2 aliphatic rings. The smallest absolute Gasteiger partial charge is 0.243 e. The molecule has 37 heavy (non-hydrogen) atoms. The van der Waals surface area contributed by atoms with Crippen LogP contribution in [0.3, 0.4) is 0 Å². The predicted molar refractivity (Wildman–Crippen MR) is 139 cm³/mol. The maximum absolute atomic E-state index is 13.3. The van der Waals surface area contributed by atoms with E-state index in [9.17, 15) is 17.6 Å². The minimum atomic E-state index is -3.74. The number of rotatable bonds is 7. The first-order valence-electron chi connectivity index (χ1n) is 12.5. The first-order chi connectivity index (χ1) is 17.8. The number of aromatic nitrogens is 2. The van der Waals surface area contributed by atoms with Crippen molar-refractivity contribution in [3.05, 3.63) is 72.0 Å². The van der Waals surface area contributed by atoms with Crippen molar-refractivity contribution in [3.8, 4) is 11.3 Å². The zero-order valence-corrected chi connectivity index (χ0v) is 21.6. The van der Waals surface area contributed by atoms with Gasteiger partial charge in [0, 0.05) is 37.8 Å². The molecule has 8 nitrogen and oxygen atoms in total. The first-order valence-corrected chi connectivity index (χ1v) is 14.0. The van der Waals surface area contributed by atoms with Crippen LogP contribution in [0.1, 0.15) is 24.8 Å². The Hall–Kier alpha value is -3.37. The summed E-state index contributed by atoms with van der Waals surface area (Å²) in [6.07, 6.45) is 2.29. The summed E-state index contributed by atoms with van der Waals surface area (Å²) in [7, 11) is -3.74. The lowest BCUT2D eigenvalue weighted by atomic mass is 10.1. The summed E-state index contributed by atoms with van der Waals surface area (Å²) in [4.78, 5) is 17.3. The van der Waals surface area contributed by atoms with Crippen molar-refractivity contribution in [1.82, 2.24) is 19.4 Å². The Bertz CT molecular complexity index is 1340. The minimum absolute atomic E-state index is 0.117. The van der Waals surface area contributed by atoms with Gasteiger partial charge in [-0.25, -0.2) is 12.8 Å². The lowest BCUT2D eigenvalue weighted by Crippen LogP contribution is -2.45. The molecule has 1 amide bonds. The molecule has 1 aliphatic carbocycles. The number of nitrogens with zero attached hydrogens (tertiary/aromatic N) is 5. The molecule has 0 atom stereocenters. The molecule has 1 saturated heterocycles. The quantitative estimate of drug-likeness (QED) is 0.471. The minimum Gasteiger partial charge on any atom is -0.353 e. The Morgan fingerprint density at radius 3 is 2.32 bits per heavy atom. The van der Waals surface area contributed by atoms with Crippen LogP contribution in [0.25, 0.3) is 11.3 Å². The van der Waals surface area contributed by atoms with Crippen LogP contribution in [-0.4, -0.2) is 72.5 Å². The van der Waals surface area contributed by atoms with E-state index in [4.69, 9.17) is 0 Å². The van der Waals surface area contributed by atoms with E-state index in [0.29, 0.717) is 37.7 Å². The van der Waals surface area contributed by atoms with E-state index in [2.05, 4.69) is 15.1 Å². The van der Waals surface area contributed by atoms with Crippen molar-refractivity contribution >= 4 is 21.7 Å². The van der Waals surface area contributed by atoms with Crippen LogP contribution < -0.4 is 4.90 Å². The fourth-order valence-corrected chi connectivity index (χ4v) is 6.15. The molecule has 0 N–H and O–H groups in total. The fraction of sp³-hybridized carbons (Fsp3) is 0.370. The molecule has 1 aromatic heterocycles. The zero-order valence-electron chi connectivity index (χ0n) is 20.8. The lowest BCUT2D eigenvalue weighted by molar-refractivity contribution is -0.131. The number of benzene rings is 2. The van der Waals surface area contributed by atoms with E-state index in [-0.39, 0.29) is 29.2 Å². The second-order valence-corrected chi connectivity index (χ2v) is 11.5. The van der Waals surface area contributed by atoms with E-state index in [1.165, 1.54) is 16.4 Å². The molecule has 0 radical (unpaired) electrons. The summed E-state index contributed by atoms with van der Waals surface area (Å²) in [5.41, 5.74) is 2.43. The third-order valence-corrected chi connectivity index (χ3v) is 8.75. The summed E-state index contributed by atoms with van der Waals surface area (Å²) >= 11 is 0. The van der Waals surface area contributed by atoms with Gasteiger partial charge < -0.3 is 9.80 Å². The normalized spacial score (nSPS) is 16.6. The molecule has 5 rings (SSSR count). The summed E-state index contributed by atoms with van der Waals surface area (Å²) in [6, 6.07) is 16.5. The maximum Gasteiger partial charge on any atom is 0.243 e. The van der Waals surface area contributed by atoms with Crippen molar-refractivity contribution in [1.29, 1.82) is 0 Å². The summed E-state index contributed by atoms with van der Waals surface area (Å²) < 4.78 is 41.2. The number of anilines is 1. The van der Waals surface area contributed by atoms with Crippen molar-refractivity contribution < 1.29 is 17.6 Å². The monoisotopic (exact) mass is 523 g/mol. The van der Waals surface area contributed by atoms with E-state index in [1.54, 1.807) is 41.3 Å². The van der Waals surface area contributed by atoms with Crippen molar-refractivity contribution in [3.63, 3.8) is 0 Å². The number of carbonyl (C=O) groups excluding carboxylic acids is 1. The van der Waals surface area contributed by atoms with Gasteiger partial charge in [0.2, 0.25) is 15.9 Å². The fourth-order valence-electron chi connectivity index (χ4n) is 4.52. The molecule has 2 aromatic carbocycles. The van der Waals surface area contributed by atoms with E-state index in [1.807, 2.05) is 19.1 Å². The van der Waals surface area contributed by atoms with Gasteiger partial charge in [0.05, 0.1) is 17.1 Å². The van der Waals surface area contributed by atoms with E-state index in [0.717, 1.165) is 30.4 Å². The van der Waals surface area contributed by atoms with Crippen LogP contribution in [0.2, 0.25) is 0 Å². The standard InChI is InChI=1S/C27H30FN5O3S/c1-20-3-11-24(12-4-20)37(35,36)33(23-9-10-23)19-27(34)32-16-2-15-31(17-18-32)26-14-13-25(29-30-26)21-5-7-22(28)8-6-21/h3-8,11-14,23H,2,9-10,15-19H2,1H3.